The predicted molar refractivity (Wildman–Crippen MR) is 112 cm³/mol. The van der Waals surface area contributed by atoms with Gasteiger partial charge in [0, 0.05) is 33.9 Å². The number of hydrogen-bond donors (Lipinski definition) is 2. The monoisotopic (exact) mass is 354 g/mol. The molecule has 0 bridgehead atoms. The zero-order valence-electron chi connectivity index (χ0n) is 15.5. The molecule has 4 aromatic rings. The molecule has 3 heteroatoms. The third-order valence-electron chi connectivity index (χ3n) is 5.34. The summed E-state index contributed by atoms with van der Waals surface area (Å²) >= 11 is 0. The van der Waals surface area contributed by atoms with Gasteiger partial charge in [-0.1, -0.05) is 35.9 Å². The molecular formula is C24H22N2O. The van der Waals surface area contributed by atoms with Crippen LogP contribution < -0.4 is 10.1 Å². The molecule has 1 aliphatic rings. The number of rotatable bonds is 3. The van der Waals surface area contributed by atoms with Gasteiger partial charge >= 0.3 is 0 Å². The maximum absolute atomic E-state index is 5.61. The highest BCUT2D eigenvalue weighted by Crippen LogP contribution is 2.44. The highest BCUT2D eigenvalue weighted by atomic mass is 16.5. The van der Waals surface area contributed by atoms with Crippen molar-refractivity contribution in [2.75, 3.05) is 11.9 Å². The number of aromatic amines is 1. The lowest BCUT2D eigenvalue weighted by atomic mass is 9.95. The molecule has 0 radical (unpaired) electrons. The van der Waals surface area contributed by atoms with Crippen LogP contribution in [0.3, 0.4) is 0 Å². The number of aryl methyl sites for hydroxylation is 1. The van der Waals surface area contributed by atoms with Gasteiger partial charge < -0.3 is 15.0 Å². The lowest BCUT2D eigenvalue weighted by Crippen LogP contribution is -2.11. The summed E-state index contributed by atoms with van der Waals surface area (Å²) in [6.45, 7) is 4.83. The molecular weight excluding hydrogens is 332 g/mol. The van der Waals surface area contributed by atoms with E-state index in [4.69, 9.17) is 4.74 Å². The first-order valence-electron chi connectivity index (χ1n) is 9.45. The summed E-state index contributed by atoms with van der Waals surface area (Å²) in [6, 6.07) is 21.6. The third-order valence-corrected chi connectivity index (χ3v) is 5.34. The number of anilines is 1. The van der Waals surface area contributed by atoms with Crippen molar-refractivity contribution in [3.63, 3.8) is 0 Å². The van der Waals surface area contributed by atoms with Crippen molar-refractivity contribution in [3.8, 4) is 16.9 Å². The Morgan fingerprint density at radius 1 is 0.963 bits per heavy atom. The fourth-order valence-corrected chi connectivity index (χ4v) is 4.09. The van der Waals surface area contributed by atoms with Crippen LogP contribution in [0.2, 0.25) is 0 Å². The second-order valence-corrected chi connectivity index (χ2v) is 7.10. The predicted octanol–water partition coefficient (Wildman–Crippen LogP) is 6.06. The molecule has 1 aromatic heterocycles. The molecule has 0 saturated carbocycles. The van der Waals surface area contributed by atoms with Crippen LogP contribution in [-0.2, 0) is 0 Å². The molecule has 0 aliphatic carbocycles. The first kappa shape index (κ1) is 16.0. The van der Waals surface area contributed by atoms with Gasteiger partial charge in [-0.05, 0) is 55.3 Å². The SMILES string of the molecule is CCOc1ccc(C2Nc3ccc(C)cc3-c3cccc4[nH]cc2c34)cc1. The number of benzene rings is 3. The summed E-state index contributed by atoms with van der Waals surface area (Å²) in [5.41, 5.74) is 8.65. The summed E-state index contributed by atoms with van der Waals surface area (Å²) < 4.78 is 5.61. The molecule has 134 valence electrons. The van der Waals surface area contributed by atoms with Gasteiger partial charge in [0.2, 0.25) is 0 Å². The van der Waals surface area contributed by atoms with Gasteiger partial charge in [-0.2, -0.15) is 0 Å². The van der Waals surface area contributed by atoms with E-state index >= 15 is 0 Å². The van der Waals surface area contributed by atoms with E-state index in [0.29, 0.717) is 6.61 Å². The van der Waals surface area contributed by atoms with Crippen LogP contribution in [0.5, 0.6) is 5.75 Å². The van der Waals surface area contributed by atoms with Crippen LogP contribution in [0.1, 0.15) is 29.7 Å². The van der Waals surface area contributed by atoms with Crippen LogP contribution in [0.4, 0.5) is 5.69 Å². The van der Waals surface area contributed by atoms with E-state index in [1.807, 2.05) is 6.92 Å². The minimum absolute atomic E-state index is 0.0829. The van der Waals surface area contributed by atoms with Crippen molar-refractivity contribution >= 4 is 16.6 Å². The van der Waals surface area contributed by atoms with E-state index in [2.05, 4.69) is 84.1 Å². The maximum Gasteiger partial charge on any atom is 0.119 e. The molecule has 1 unspecified atom stereocenters. The number of hydrogen-bond acceptors (Lipinski definition) is 2. The van der Waals surface area contributed by atoms with Gasteiger partial charge in [0.15, 0.2) is 0 Å². The van der Waals surface area contributed by atoms with E-state index in [-0.39, 0.29) is 6.04 Å². The normalized spacial score (nSPS) is 15.1. The maximum atomic E-state index is 5.61. The number of fused-ring (bicyclic) bond motifs is 2. The third kappa shape index (κ3) is 2.58. The molecule has 1 aliphatic heterocycles. The summed E-state index contributed by atoms with van der Waals surface area (Å²) in [5, 5.41) is 5.09. The van der Waals surface area contributed by atoms with Gasteiger partial charge in [-0.3, -0.25) is 0 Å². The van der Waals surface area contributed by atoms with Crippen LogP contribution in [0.25, 0.3) is 22.0 Å². The Hall–Kier alpha value is -3.20. The lowest BCUT2D eigenvalue weighted by Gasteiger charge is -2.20. The van der Waals surface area contributed by atoms with Gasteiger partial charge in [0.1, 0.15) is 5.75 Å². The molecule has 2 N–H and O–H groups in total. The zero-order chi connectivity index (χ0) is 18.4. The Kier molecular flexibility index (Phi) is 3.68. The number of aromatic nitrogens is 1. The Bertz CT molecular complexity index is 1130. The zero-order valence-corrected chi connectivity index (χ0v) is 15.5. The van der Waals surface area contributed by atoms with Gasteiger partial charge in [0.25, 0.3) is 0 Å². The molecule has 5 rings (SSSR count). The molecule has 0 amide bonds. The molecule has 0 fully saturated rings. The quantitative estimate of drug-likeness (QED) is 0.469. The van der Waals surface area contributed by atoms with Crippen molar-refractivity contribution in [2.24, 2.45) is 0 Å². The van der Waals surface area contributed by atoms with Crippen molar-refractivity contribution in [3.05, 3.63) is 83.6 Å². The Morgan fingerprint density at radius 2 is 1.81 bits per heavy atom. The lowest BCUT2D eigenvalue weighted by molar-refractivity contribution is 0.340. The second-order valence-electron chi connectivity index (χ2n) is 7.10. The Morgan fingerprint density at radius 3 is 2.63 bits per heavy atom. The standard InChI is InChI=1S/C24H22N2O/c1-3-27-17-10-8-16(9-11-17)24-20-14-25-22-6-4-5-18(23(20)22)19-13-15(2)7-12-21(19)26-24/h4-14,24-26H,3H2,1-2H3. The number of ether oxygens (including phenoxy) is 1. The minimum atomic E-state index is 0.0829. The van der Waals surface area contributed by atoms with Crippen LogP contribution in [0.15, 0.2) is 66.9 Å². The Labute approximate surface area is 159 Å². The van der Waals surface area contributed by atoms with Crippen molar-refractivity contribution < 1.29 is 4.74 Å². The molecule has 1 atom stereocenters. The van der Waals surface area contributed by atoms with E-state index < -0.39 is 0 Å². The topological polar surface area (TPSA) is 37.0 Å². The van der Waals surface area contributed by atoms with Gasteiger partial charge in [0.05, 0.1) is 12.6 Å². The van der Waals surface area contributed by atoms with E-state index in [9.17, 15) is 0 Å². The molecule has 0 spiro atoms. The average molecular weight is 354 g/mol. The van der Waals surface area contributed by atoms with E-state index in [1.54, 1.807) is 0 Å². The van der Waals surface area contributed by atoms with E-state index in [1.165, 1.54) is 44.4 Å². The van der Waals surface area contributed by atoms with Crippen LogP contribution >= 0.6 is 0 Å². The van der Waals surface area contributed by atoms with Crippen LogP contribution in [0, 0.1) is 6.92 Å². The van der Waals surface area contributed by atoms with Crippen molar-refractivity contribution in [2.45, 2.75) is 19.9 Å². The molecule has 3 nitrogen and oxygen atoms in total. The summed E-state index contributed by atoms with van der Waals surface area (Å²) in [7, 11) is 0. The summed E-state index contributed by atoms with van der Waals surface area (Å²) in [5.74, 6) is 0.908. The summed E-state index contributed by atoms with van der Waals surface area (Å²) in [6.07, 6.45) is 2.14. The first-order chi connectivity index (χ1) is 13.2. The number of H-pyrrole nitrogens is 1. The first-order valence-corrected chi connectivity index (χ1v) is 9.45. The highest BCUT2D eigenvalue weighted by molar-refractivity contribution is 6.02. The fraction of sp³-hybridized carbons (Fsp3) is 0.167. The van der Waals surface area contributed by atoms with Gasteiger partial charge in [-0.15, -0.1) is 0 Å². The van der Waals surface area contributed by atoms with Crippen molar-refractivity contribution in [1.29, 1.82) is 0 Å². The average Bonchev–Trinajstić information content (AvgIpc) is 3.06. The van der Waals surface area contributed by atoms with Crippen LogP contribution in [-0.4, -0.2) is 11.6 Å². The van der Waals surface area contributed by atoms with E-state index in [0.717, 1.165) is 5.75 Å². The molecule has 3 aromatic carbocycles. The molecule has 2 heterocycles. The minimum Gasteiger partial charge on any atom is -0.494 e. The Balaban J connectivity index is 1.72. The smallest absolute Gasteiger partial charge is 0.119 e. The summed E-state index contributed by atoms with van der Waals surface area (Å²) in [4.78, 5) is 3.46. The van der Waals surface area contributed by atoms with Crippen molar-refractivity contribution in [1.82, 2.24) is 4.98 Å². The molecule has 27 heavy (non-hydrogen) atoms. The largest absolute Gasteiger partial charge is 0.494 e. The van der Waals surface area contributed by atoms with Gasteiger partial charge in [-0.25, -0.2) is 0 Å². The number of nitrogens with one attached hydrogen (secondary N) is 2. The highest BCUT2D eigenvalue weighted by Gasteiger charge is 2.25. The second kappa shape index (κ2) is 6.20. The fourth-order valence-electron chi connectivity index (χ4n) is 4.09. The molecule has 0 saturated heterocycles.